The summed E-state index contributed by atoms with van der Waals surface area (Å²) in [6.45, 7) is 0.321. The lowest BCUT2D eigenvalue weighted by molar-refractivity contribution is 0.0510. The van der Waals surface area contributed by atoms with Crippen LogP contribution in [0.25, 0.3) is 16.5 Å². The van der Waals surface area contributed by atoms with E-state index in [2.05, 4.69) is 35.3 Å². The molecule has 4 heteroatoms. The number of benzene rings is 2. The fourth-order valence-corrected chi connectivity index (χ4v) is 4.69. The highest BCUT2D eigenvalue weighted by Gasteiger charge is 2.38. The van der Waals surface area contributed by atoms with Gasteiger partial charge in [-0.15, -0.1) is 0 Å². The van der Waals surface area contributed by atoms with Crippen molar-refractivity contribution in [3.63, 3.8) is 0 Å². The molecule has 1 saturated heterocycles. The number of amides is 1. The van der Waals surface area contributed by atoms with Gasteiger partial charge in [-0.25, -0.2) is 4.79 Å². The predicted octanol–water partition coefficient (Wildman–Crippen LogP) is 5.58. The van der Waals surface area contributed by atoms with E-state index in [-0.39, 0.29) is 18.2 Å². The molecule has 0 radical (unpaired) electrons. The van der Waals surface area contributed by atoms with Crippen LogP contribution in [0.5, 0.6) is 0 Å². The minimum atomic E-state index is -0.196. The van der Waals surface area contributed by atoms with Gasteiger partial charge in [-0.1, -0.05) is 54.6 Å². The van der Waals surface area contributed by atoms with Crippen molar-refractivity contribution in [3.05, 3.63) is 84.1 Å². The SMILES string of the molecule is O=C(OCc1ccccc1)N1C2C=C(c3cccc4ncccc34)CC1CCC2. The molecule has 1 aromatic heterocycles. The monoisotopic (exact) mass is 384 g/mol. The number of nitrogens with zero attached hydrogens (tertiary/aromatic N) is 2. The van der Waals surface area contributed by atoms with Gasteiger partial charge in [0.1, 0.15) is 6.61 Å². The normalized spacial score (nSPS) is 21.0. The van der Waals surface area contributed by atoms with E-state index in [9.17, 15) is 4.79 Å². The number of fused-ring (bicyclic) bond motifs is 3. The molecule has 2 aliphatic heterocycles. The van der Waals surface area contributed by atoms with E-state index in [1.807, 2.05) is 47.5 Å². The zero-order valence-electron chi connectivity index (χ0n) is 16.3. The summed E-state index contributed by atoms with van der Waals surface area (Å²) in [5.74, 6) is 0. The Hall–Kier alpha value is -3.14. The van der Waals surface area contributed by atoms with Crippen LogP contribution in [-0.2, 0) is 11.3 Å². The van der Waals surface area contributed by atoms with E-state index >= 15 is 0 Å². The number of piperidine rings is 1. The van der Waals surface area contributed by atoms with Crippen molar-refractivity contribution in [2.45, 2.75) is 44.4 Å². The Labute approximate surface area is 170 Å². The lowest BCUT2D eigenvalue weighted by atomic mass is 9.82. The molecule has 2 atom stereocenters. The summed E-state index contributed by atoms with van der Waals surface area (Å²) < 4.78 is 5.66. The van der Waals surface area contributed by atoms with Crippen LogP contribution < -0.4 is 0 Å². The van der Waals surface area contributed by atoms with Crippen LogP contribution >= 0.6 is 0 Å². The fourth-order valence-electron chi connectivity index (χ4n) is 4.69. The van der Waals surface area contributed by atoms with Gasteiger partial charge in [0, 0.05) is 17.6 Å². The van der Waals surface area contributed by atoms with Crippen LogP contribution in [0.3, 0.4) is 0 Å². The van der Waals surface area contributed by atoms with Crippen molar-refractivity contribution in [1.29, 1.82) is 0 Å². The van der Waals surface area contributed by atoms with Gasteiger partial charge in [-0.2, -0.15) is 0 Å². The maximum Gasteiger partial charge on any atom is 0.410 e. The standard InChI is InChI=1S/C25H24N2O2/c28-25(29-17-18-7-2-1-3-8-18)27-20-9-4-10-21(27)16-19(15-20)22-11-5-13-24-23(22)12-6-14-26-24/h1-3,5-8,11-15,20-21H,4,9-10,16-17H2. The highest BCUT2D eigenvalue weighted by molar-refractivity contribution is 5.92. The smallest absolute Gasteiger partial charge is 0.410 e. The number of carbonyl (C=O) groups excluding carboxylic acids is 1. The third-order valence-corrected chi connectivity index (χ3v) is 6.04. The number of pyridine rings is 1. The number of rotatable bonds is 3. The van der Waals surface area contributed by atoms with Crippen molar-refractivity contribution in [1.82, 2.24) is 9.88 Å². The molecule has 29 heavy (non-hydrogen) atoms. The van der Waals surface area contributed by atoms with Crippen LogP contribution in [0.4, 0.5) is 4.79 Å². The molecule has 1 amide bonds. The van der Waals surface area contributed by atoms with Gasteiger partial charge in [-0.3, -0.25) is 9.88 Å². The Kier molecular flexibility index (Phi) is 4.76. The molecule has 0 spiro atoms. The number of hydrogen-bond acceptors (Lipinski definition) is 3. The fraction of sp³-hybridized carbons (Fsp3) is 0.280. The summed E-state index contributed by atoms with van der Waals surface area (Å²) in [6.07, 6.45) is 7.95. The predicted molar refractivity (Wildman–Crippen MR) is 114 cm³/mol. The van der Waals surface area contributed by atoms with Crippen LogP contribution in [-0.4, -0.2) is 28.1 Å². The van der Waals surface area contributed by atoms with Crippen LogP contribution in [0.1, 0.15) is 36.8 Å². The Balaban J connectivity index is 1.40. The van der Waals surface area contributed by atoms with Gasteiger partial charge in [0.05, 0.1) is 11.6 Å². The van der Waals surface area contributed by atoms with Gasteiger partial charge < -0.3 is 4.74 Å². The number of carbonyl (C=O) groups is 1. The summed E-state index contributed by atoms with van der Waals surface area (Å²) in [5.41, 5.74) is 4.60. The van der Waals surface area contributed by atoms with Gasteiger partial charge in [-0.05, 0) is 54.5 Å². The summed E-state index contributed by atoms with van der Waals surface area (Å²) in [4.78, 5) is 19.4. The Morgan fingerprint density at radius 1 is 1.03 bits per heavy atom. The van der Waals surface area contributed by atoms with Gasteiger partial charge in [0.25, 0.3) is 0 Å². The van der Waals surface area contributed by atoms with Crippen LogP contribution in [0.15, 0.2) is 72.9 Å². The van der Waals surface area contributed by atoms with E-state index in [0.29, 0.717) is 6.61 Å². The van der Waals surface area contributed by atoms with Crippen LogP contribution in [0, 0.1) is 0 Å². The number of hydrogen-bond donors (Lipinski definition) is 0. The number of aromatic nitrogens is 1. The zero-order valence-corrected chi connectivity index (χ0v) is 16.3. The second-order valence-corrected chi connectivity index (χ2v) is 7.87. The molecule has 4 nitrogen and oxygen atoms in total. The molecule has 2 aromatic carbocycles. The first-order chi connectivity index (χ1) is 14.3. The lowest BCUT2D eigenvalue weighted by Gasteiger charge is -2.44. The van der Waals surface area contributed by atoms with E-state index < -0.39 is 0 Å². The molecule has 0 aliphatic carbocycles. The Morgan fingerprint density at radius 3 is 2.79 bits per heavy atom. The molecule has 2 unspecified atom stereocenters. The first-order valence-corrected chi connectivity index (χ1v) is 10.3. The quantitative estimate of drug-likeness (QED) is 0.592. The minimum Gasteiger partial charge on any atom is -0.445 e. The van der Waals surface area contributed by atoms with Crippen molar-refractivity contribution < 1.29 is 9.53 Å². The minimum absolute atomic E-state index is 0.104. The van der Waals surface area contributed by atoms with E-state index in [0.717, 1.165) is 36.8 Å². The third kappa shape index (κ3) is 3.51. The summed E-state index contributed by atoms with van der Waals surface area (Å²) >= 11 is 0. The topological polar surface area (TPSA) is 42.4 Å². The molecule has 5 rings (SSSR count). The summed E-state index contributed by atoms with van der Waals surface area (Å²) in [5, 5.41) is 1.18. The van der Waals surface area contributed by atoms with E-state index in [4.69, 9.17) is 4.74 Å². The molecule has 0 N–H and O–H groups in total. The molecular weight excluding hydrogens is 360 g/mol. The van der Waals surface area contributed by atoms with E-state index in [1.165, 1.54) is 16.5 Å². The summed E-state index contributed by atoms with van der Waals surface area (Å²) in [6, 6.07) is 20.6. The highest BCUT2D eigenvalue weighted by atomic mass is 16.6. The molecule has 3 heterocycles. The molecule has 0 saturated carbocycles. The first-order valence-electron chi connectivity index (χ1n) is 10.3. The Morgan fingerprint density at radius 2 is 1.93 bits per heavy atom. The molecular formula is C25H24N2O2. The van der Waals surface area contributed by atoms with Crippen molar-refractivity contribution in [2.24, 2.45) is 0 Å². The second kappa shape index (κ2) is 7.70. The molecule has 146 valence electrons. The molecule has 2 aliphatic rings. The van der Waals surface area contributed by atoms with Gasteiger partial charge >= 0.3 is 6.09 Å². The van der Waals surface area contributed by atoms with Gasteiger partial charge in [0.2, 0.25) is 0 Å². The second-order valence-electron chi connectivity index (χ2n) is 7.87. The van der Waals surface area contributed by atoms with Gasteiger partial charge in [0.15, 0.2) is 0 Å². The van der Waals surface area contributed by atoms with Crippen molar-refractivity contribution in [2.75, 3.05) is 0 Å². The molecule has 2 bridgehead atoms. The van der Waals surface area contributed by atoms with E-state index in [1.54, 1.807) is 0 Å². The number of ether oxygens (including phenoxy) is 1. The summed E-state index contributed by atoms with van der Waals surface area (Å²) in [7, 11) is 0. The molecule has 3 aromatic rings. The van der Waals surface area contributed by atoms with Crippen molar-refractivity contribution in [3.8, 4) is 0 Å². The average Bonchev–Trinajstić information content (AvgIpc) is 2.77. The molecule has 1 fully saturated rings. The van der Waals surface area contributed by atoms with Crippen LogP contribution in [0.2, 0.25) is 0 Å². The maximum atomic E-state index is 12.9. The first kappa shape index (κ1) is 17.9. The van der Waals surface area contributed by atoms with Crippen molar-refractivity contribution >= 4 is 22.6 Å². The Bertz CT molecular complexity index is 1060. The zero-order chi connectivity index (χ0) is 19.6. The lowest BCUT2D eigenvalue weighted by Crippen LogP contribution is -2.51. The largest absolute Gasteiger partial charge is 0.445 e. The third-order valence-electron chi connectivity index (χ3n) is 6.04. The average molecular weight is 384 g/mol. The highest BCUT2D eigenvalue weighted by Crippen LogP contribution is 2.39. The maximum absolute atomic E-state index is 12.9.